The highest BCUT2D eigenvalue weighted by Crippen LogP contribution is 2.16. The summed E-state index contributed by atoms with van der Waals surface area (Å²) in [4.78, 5) is 11.7. The normalized spacial score (nSPS) is 10.9. The van der Waals surface area contributed by atoms with Gasteiger partial charge in [0, 0.05) is 11.8 Å². The molecule has 0 spiro atoms. The molecule has 0 saturated heterocycles. The highest BCUT2D eigenvalue weighted by molar-refractivity contribution is 9.10. The second-order valence-corrected chi connectivity index (χ2v) is 5.05. The molecule has 1 aromatic heterocycles. The zero-order valence-corrected chi connectivity index (χ0v) is 12.3. The summed E-state index contributed by atoms with van der Waals surface area (Å²) in [5.41, 5.74) is 3.14. The number of rotatable bonds is 3. The van der Waals surface area contributed by atoms with Crippen molar-refractivity contribution in [3.8, 4) is 0 Å². The van der Waals surface area contributed by atoms with Crippen molar-refractivity contribution in [1.82, 2.24) is 0 Å². The van der Waals surface area contributed by atoms with E-state index in [1.165, 1.54) is 11.6 Å². The Morgan fingerprint density at radius 1 is 1.21 bits per heavy atom. The maximum Gasteiger partial charge on any atom is 0.248 e. The highest BCUT2D eigenvalue weighted by atomic mass is 79.9. The number of nitrogens with one attached hydrogen (secondary N) is 1. The maximum absolute atomic E-state index is 11.7. The predicted octanol–water partition coefficient (Wildman–Crippen LogP) is 4.31. The number of hydrogen-bond acceptors (Lipinski definition) is 2. The van der Waals surface area contributed by atoms with E-state index in [2.05, 4.69) is 21.2 Å². The molecule has 0 aliphatic rings. The summed E-state index contributed by atoms with van der Waals surface area (Å²) in [6.45, 7) is 4.05. The molecule has 0 unspecified atom stereocenters. The summed E-state index contributed by atoms with van der Waals surface area (Å²) in [7, 11) is 0. The lowest BCUT2D eigenvalue weighted by molar-refractivity contribution is -0.111. The standard InChI is InChI=1S/C15H14BrNO2/c1-10-3-4-12(9-11(10)2)17-15(18)8-6-13-5-7-14(16)19-13/h3-9H,1-2H3,(H,17,18). The van der Waals surface area contributed by atoms with Crippen molar-refractivity contribution in [3.05, 3.63) is 58.0 Å². The van der Waals surface area contributed by atoms with Crippen LogP contribution in [0.2, 0.25) is 0 Å². The number of halogens is 1. The fourth-order valence-corrected chi connectivity index (χ4v) is 1.90. The van der Waals surface area contributed by atoms with E-state index in [0.29, 0.717) is 10.4 Å². The van der Waals surface area contributed by atoms with Crippen LogP contribution in [0.5, 0.6) is 0 Å². The molecule has 19 heavy (non-hydrogen) atoms. The van der Waals surface area contributed by atoms with E-state index >= 15 is 0 Å². The van der Waals surface area contributed by atoms with Gasteiger partial charge in [0.2, 0.25) is 5.91 Å². The van der Waals surface area contributed by atoms with Crippen LogP contribution in [0.1, 0.15) is 16.9 Å². The first kappa shape index (κ1) is 13.6. The van der Waals surface area contributed by atoms with E-state index < -0.39 is 0 Å². The van der Waals surface area contributed by atoms with Gasteiger partial charge in [0.15, 0.2) is 4.67 Å². The van der Waals surface area contributed by atoms with Crippen molar-refractivity contribution in [2.75, 3.05) is 5.32 Å². The van der Waals surface area contributed by atoms with Crippen LogP contribution < -0.4 is 5.32 Å². The second kappa shape index (κ2) is 5.89. The Morgan fingerprint density at radius 2 is 2.00 bits per heavy atom. The molecule has 1 aromatic carbocycles. The first-order valence-electron chi connectivity index (χ1n) is 5.86. The number of carbonyl (C=O) groups excluding carboxylic acids is 1. The number of furan rings is 1. The van der Waals surface area contributed by atoms with E-state index in [0.717, 1.165) is 11.3 Å². The van der Waals surface area contributed by atoms with Gasteiger partial charge in [-0.1, -0.05) is 6.07 Å². The van der Waals surface area contributed by atoms with Gasteiger partial charge in [-0.3, -0.25) is 4.79 Å². The van der Waals surface area contributed by atoms with E-state index in [1.807, 2.05) is 32.0 Å². The van der Waals surface area contributed by atoms with Crippen molar-refractivity contribution < 1.29 is 9.21 Å². The molecule has 4 heteroatoms. The smallest absolute Gasteiger partial charge is 0.248 e. The van der Waals surface area contributed by atoms with Gasteiger partial charge in [0.05, 0.1) is 0 Å². The summed E-state index contributed by atoms with van der Waals surface area (Å²) in [5, 5.41) is 2.81. The summed E-state index contributed by atoms with van der Waals surface area (Å²) in [6, 6.07) is 9.38. The molecule has 0 fully saturated rings. The van der Waals surface area contributed by atoms with Crippen molar-refractivity contribution in [2.45, 2.75) is 13.8 Å². The quantitative estimate of drug-likeness (QED) is 0.856. The number of aryl methyl sites for hydroxylation is 2. The van der Waals surface area contributed by atoms with Gasteiger partial charge in [-0.05, 0) is 71.2 Å². The van der Waals surface area contributed by atoms with Crippen LogP contribution in [0.15, 0.2) is 45.5 Å². The van der Waals surface area contributed by atoms with Gasteiger partial charge >= 0.3 is 0 Å². The molecular weight excluding hydrogens is 306 g/mol. The van der Waals surface area contributed by atoms with Crippen molar-refractivity contribution in [3.63, 3.8) is 0 Å². The third kappa shape index (κ3) is 3.83. The molecule has 0 radical (unpaired) electrons. The lowest BCUT2D eigenvalue weighted by Gasteiger charge is -2.05. The number of hydrogen-bond donors (Lipinski definition) is 1. The minimum Gasteiger partial charge on any atom is -0.450 e. The van der Waals surface area contributed by atoms with Gasteiger partial charge in [-0.15, -0.1) is 0 Å². The minimum atomic E-state index is -0.184. The van der Waals surface area contributed by atoms with Crippen LogP contribution in [0.4, 0.5) is 5.69 Å². The van der Waals surface area contributed by atoms with Gasteiger partial charge in [-0.25, -0.2) is 0 Å². The molecule has 0 atom stereocenters. The van der Waals surface area contributed by atoms with Crippen LogP contribution in [-0.4, -0.2) is 5.91 Å². The maximum atomic E-state index is 11.7. The number of anilines is 1. The third-order valence-electron chi connectivity index (χ3n) is 2.77. The van der Waals surface area contributed by atoms with E-state index in [4.69, 9.17) is 4.42 Å². The Bertz CT molecular complexity index is 629. The second-order valence-electron chi connectivity index (χ2n) is 4.26. The Kier molecular flexibility index (Phi) is 4.22. The topological polar surface area (TPSA) is 42.2 Å². The monoisotopic (exact) mass is 319 g/mol. The average molecular weight is 320 g/mol. The first-order chi connectivity index (χ1) is 9.04. The summed E-state index contributed by atoms with van der Waals surface area (Å²) in [6.07, 6.45) is 3.07. The number of carbonyl (C=O) groups is 1. The lowest BCUT2D eigenvalue weighted by atomic mass is 10.1. The molecule has 1 heterocycles. The summed E-state index contributed by atoms with van der Waals surface area (Å²) >= 11 is 3.21. The molecule has 0 aliphatic carbocycles. The minimum absolute atomic E-state index is 0.184. The molecule has 0 saturated carbocycles. The molecular formula is C15H14BrNO2. The largest absolute Gasteiger partial charge is 0.450 e. The molecule has 0 bridgehead atoms. The van der Waals surface area contributed by atoms with Crippen molar-refractivity contribution in [2.24, 2.45) is 0 Å². The summed E-state index contributed by atoms with van der Waals surface area (Å²) in [5.74, 6) is 0.442. The molecule has 98 valence electrons. The molecule has 2 aromatic rings. The average Bonchev–Trinajstić information content (AvgIpc) is 2.77. The van der Waals surface area contributed by atoms with Crippen LogP contribution in [0, 0.1) is 13.8 Å². The Morgan fingerprint density at radius 3 is 2.63 bits per heavy atom. The van der Waals surface area contributed by atoms with Gasteiger partial charge < -0.3 is 9.73 Å². The zero-order chi connectivity index (χ0) is 13.8. The molecule has 1 N–H and O–H groups in total. The van der Waals surface area contributed by atoms with Gasteiger partial charge in [0.1, 0.15) is 5.76 Å². The van der Waals surface area contributed by atoms with E-state index in [1.54, 1.807) is 18.2 Å². The van der Waals surface area contributed by atoms with Crippen molar-refractivity contribution in [1.29, 1.82) is 0 Å². The van der Waals surface area contributed by atoms with Crippen LogP contribution >= 0.6 is 15.9 Å². The fraction of sp³-hybridized carbons (Fsp3) is 0.133. The van der Waals surface area contributed by atoms with E-state index in [9.17, 15) is 4.79 Å². The molecule has 1 amide bonds. The Hall–Kier alpha value is -1.81. The molecule has 0 aliphatic heterocycles. The molecule has 2 rings (SSSR count). The van der Waals surface area contributed by atoms with Gasteiger partial charge in [0.25, 0.3) is 0 Å². The van der Waals surface area contributed by atoms with Crippen LogP contribution in [-0.2, 0) is 4.79 Å². The third-order valence-corrected chi connectivity index (χ3v) is 3.19. The fourth-order valence-electron chi connectivity index (χ4n) is 1.58. The lowest BCUT2D eigenvalue weighted by Crippen LogP contribution is -2.07. The van der Waals surface area contributed by atoms with Crippen LogP contribution in [0.3, 0.4) is 0 Å². The predicted molar refractivity (Wildman–Crippen MR) is 80.0 cm³/mol. The Balaban J connectivity index is 2.01. The first-order valence-corrected chi connectivity index (χ1v) is 6.65. The Labute approximate surface area is 120 Å². The number of benzene rings is 1. The number of amides is 1. The van der Waals surface area contributed by atoms with Crippen molar-refractivity contribution >= 4 is 33.6 Å². The zero-order valence-electron chi connectivity index (χ0n) is 10.7. The highest BCUT2D eigenvalue weighted by Gasteiger charge is 2.01. The SMILES string of the molecule is Cc1ccc(NC(=O)C=Cc2ccc(Br)o2)cc1C. The van der Waals surface area contributed by atoms with E-state index in [-0.39, 0.29) is 5.91 Å². The molecule has 3 nitrogen and oxygen atoms in total. The summed E-state index contributed by atoms with van der Waals surface area (Å²) < 4.78 is 5.91. The van der Waals surface area contributed by atoms with Gasteiger partial charge in [-0.2, -0.15) is 0 Å². The van der Waals surface area contributed by atoms with Crippen LogP contribution in [0.25, 0.3) is 6.08 Å².